The normalized spacial score (nSPS) is 11.5. The number of rotatable bonds is 8. The first-order valence-corrected chi connectivity index (χ1v) is 9.83. The lowest BCUT2D eigenvalue weighted by Gasteiger charge is -2.20. The van der Waals surface area contributed by atoms with Crippen LogP contribution in [-0.2, 0) is 14.3 Å². The fourth-order valence-corrected chi connectivity index (χ4v) is 2.87. The Morgan fingerprint density at radius 3 is 2.27 bits per heavy atom. The van der Waals surface area contributed by atoms with Crippen molar-refractivity contribution in [2.24, 2.45) is 5.92 Å². The summed E-state index contributed by atoms with van der Waals surface area (Å²) in [6.07, 6.45) is 0. The maximum Gasteiger partial charge on any atom is 0.329 e. The van der Waals surface area contributed by atoms with Crippen LogP contribution >= 0.6 is 23.2 Å². The van der Waals surface area contributed by atoms with Crippen molar-refractivity contribution in [3.63, 3.8) is 0 Å². The van der Waals surface area contributed by atoms with Gasteiger partial charge in [-0.2, -0.15) is 0 Å². The van der Waals surface area contributed by atoms with E-state index in [0.717, 1.165) is 0 Å². The zero-order valence-electron chi connectivity index (χ0n) is 16.7. The maximum atomic E-state index is 12.4. The summed E-state index contributed by atoms with van der Waals surface area (Å²) >= 11 is 11.8. The molecule has 30 heavy (non-hydrogen) atoms. The molecule has 2 rings (SSSR count). The Kier molecular flexibility index (Phi) is 8.50. The molecule has 0 heterocycles. The molecule has 0 aliphatic carbocycles. The second-order valence-corrected chi connectivity index (χ2v) is 7.55. The van der Waals surface area contributed by atoms with Crippen LogP contribution in [0.15, 0.2) is 42.5 Å². The molecular formula is C21H22Cl2N2O5. The summed E-state index contributed by atoms with van der Waals surface area (Å²) in [6, 6.07) is 10.1. The molecule has 1 unspecified atom stereocenters. The summed E-state index contributed by atoms with van der Waals surface area (Å²) in [4.78, 5) is 36.9. The number of amides is 2. The molecule has 0 spiro atoms. The molecule has 1 atom stereocenters. The number of carbonyl (C=O) groups excluding carboxylic acids is 3. The van der Waals surface area contributed by atoms with Gasteiger partial charge in [0.05, 0.1) is 12.1 Å². The third-order valence-corrected chi connectivity index (χ3v) is 4.64. The number of anilines is 1. The number of hydrogen-bond donors (Lipinski definition) is 2. The third kappa shape index (κ3) is 6.64. The highest BCUT2D eigenvalue weighted by molar-refractivity contribution is 6.32. The van der Waals surface area contributed by atoms with Gasteiger partial charge in [0.15, 0.2) is 6.61 Å². The van der Waals surface area contributed by atoms with Crippen LogP contribution in [0.2, 0.25) is 10.0 Å². The molecular weight excluding hydrogens is 431 g/mol. The topological polar surface area (TPSA) is 93.7 Å². The number of halogens is 2. The van der Waals surface area contributed by atoms with E-state index in [-0.39, 0.29) is 5.92 Å². The van der Waals surface area contributed by atoms with Gasteiger partial charge in [-0.1, -0.05) is 37.0 Å². The van der Waals surface area contributed by atoms with Crippen LogP contribution in [0.5, 0.6) is 5.75 Å². The first kappa shape index (κ1) is 23.5. The summed E-state index contributed by atoms with van der Waals surface area (Å²) in [5.41, 5.74) is 0.783. The van der Waals surface area contributed by atoms with E-state index < -0.39 is 30.4 Å². The molecule has 0 saturated carbocycles. The summed E-state index contributed by atoms with van der Waals surface area (Å²) < 4.78 is 10.1. The number of nitrogens with one attached hydrogen (secondary N) is 2. The summed E-state index contributed by atoms with van der Waals surface area (Å²) in [6.45, 7) is 3.00. The number of methoxy groups -OCH3 is 1. The highest BCUT2D eigenvalue weighted by Gasteiger charge is 2.26. The average Bonchev–Trinajstić information content (AvgIpc) is 2.70. The van der Waals surface area contributed by atoms with Crippen molar-refractivity contribution in [3.8, 4) is 5.75 Å². The van der Waals surface area contributed by atoms with E-state index in [1.165, 1.54) is 13.2 Å². The fourth-order valence-electron chi connectivity index (χ4n) is 2.49. The first-order valence-electron chi connectivity index (χ1n) is 9.07. The Bertz CT molecular complexity index is 916. The zero-order chi connectivity index (χ0) is 22.3. The Hall–Kier alpha value is -2.77. The van der Waals surface area contributed by atoms with E-state index in [0.29, 0.717) is 27.0 Å². The highest BCUT2D eigenvalue weighted by atomic mass is 35.5. The molecule has 0 fully saturated rings. The number of carbonyl (C=O) groups is 3. The van der Waals surface area contributed by atoms with Gasteiger partial charge in [0.1, 0.15) is 11.8 Å². The molecule has 9 heteroatoms. The molecule has 0 aromatic heterocycles. The predicted molar refractivity (Wildman–Crippen MR) is 115 cm³/mol. The van der Waals surface area contributed by atoms with Crippen LogP contribution in [-0.4, -0.2) is 37.5 Å². The van der Waals surface area contributed by atoms with E-state index in [2.05, 4.69) is 10.6 Å². The minimum atomic E-state index is -0.920. The lowest BCUT2D eigenvalue weighted by Crippen LogP contribution is -2.45. The minimum absolute atomic E-state index is 0.253. The van der Waals surface area contributed by atoms with Crippen LogP contribution in [0, 0.1) is 5.92 Å². The van der Waals surface area contributed by atoms with Crippen LogP contribution in [0.3, 0.4) is 0 Å². The van der Waals surface area contributed by atoms with Gasteiger partial charge in [0.2, 0.25) is 0 Å². The summed E-state index contributed by atoms with van der Waals surface area (Å²) in [5.74, 6) is -1.49. The molecule has 0 saturated heterocycles. The predicted octanol–water partition coefficient (Wildman–Crippen LogP) is 3.94. The number of esters is 1. The lowest BCUT2D eigenvalue weighted by molar-refractivity contribution is -0.150. The SMILES string of the molecule is COc1ccc(NC(=O)COC(=O)C(NC(=O)c2ccc(Cl)cc2)C(C)C)cc1Cl. The molecule has 0 radical (unpaired) electrons. The third-order valence-electron chi connectivity index (χ3n) is 4.09. The van der Waals surface area contributed by atoms with Crippen molar-refractivity contribution in [2.45, 2.75) is 19.9 Å². The molecule has 0 aliphatic heterocycles. The van der Waals surface area contributed by atoms with Gasteiger partial charge in [-0.05, 0) is 48.4 Å². The molecule has 2 aromatic carbocycles. The largest absolute Gasteiger partial charge is 0.495 e. The second-order valence-electron chi connectivity index (χ2n) is 6.71. The smallest absolute Gasteiger partial charge is 0.329 e. The lowest BCUT2D eigenvalue weighted by atomic mass is 10.0. The Morgan fingerprint density at radius 2 is 1.70 bits per heavy atom. The van der Waals surface area contributed by atoms with E-state index in [4.69, 9.17) is 32.7 Å². The minimum Gasteiger partial charge on any atom is -0.495 e. The molecule has 160 valence electrons. The van der Waals surface area contributed by atoms with Crippen LogP contribution in [0.1, 0.15) is 24.2 Å². The van der Waals surface area contributed by atoms with E-state index in [1.54, 1.807) is 50.2 Å². The van der Waals surface area contributed by atoms with Gasteiger partial charge in [0.25, 0.3) is 11.8 Å². The average molecular weight is 453 g/mol. The standard InChI is InChI=1S/C21H22Cl2N2O5/c1-12(2)19(25-20(27)13-4-6-14(22)7-5-13)21(28)30-11-18(26)24-15-8-9-17(29-3)16(23)10-15/h4-10,12,19H,11H2,1-3H3,(H,24,26)(H,25,27). The van der Waals surface area contributed by atoms with Crippen molar-refractivity contribution < 1.29 is 23.9 Å². The van der Waals surface area contributed by atoms with E-state index >= 15 is 0 Å². The highest BCUT2D eigenvalue weighted by Crippen LogP contribution is 2.27. The molecule has 0 bridgehead atoms. The van der Waals surface area contributed by atoms with Crippen LogP contribution in [0.4, 0.5) is 5.69 Å². The van der Waals surface area contributed by atoms with Gasteiger partial charge in [-0.15, -0.1) is 0 Å². The van der Waals surface area contributed by atoms with Gasteiger partial charge in [-0.3, -0.25) is 9.59 Å². The molecule has 7 nitrogen and oxygen atoms in total. The maximum absolute atomic E-state index is 12.4. The second kappa shape index (κ2) is 10.8. The van der Waals surface area contributed by atoms with Gasteiger partial charge in [0, 0.05) is 16.3 Å². The van der Waals surface area contributed by atoms with Gasteiger partial charge < -0.3 is 20.1 Å². The van der Waals surface area contributed by atoms with Crippen LogP contribution in [0.25, 0.3) is 0 Å². The van der Waals surface area contributed by atoms with Crippen molar-refractivity contribution in [2.75, 3.05) is 19.0 Å². The number of hydrogen-bond acceptors (Lipinski definition) is 5. The Balaban J connectivity index is 1.92. The first-order chi connectivity index (χ1) is 14.2. The van der Waals surface area contributed by atoms with Crippen molar-refractivity contribution in [3.05, 3.63) is 58.1 Å². The van der Waals surface area contributed by atoms with Crippen molar-refractivity contribution in [1.29, 1.82) is 0 Å². The summed E-state index contributed by atoms with van der Waals surface area (Å²) in [5, 5.41) is 6.03. The van der Waals surface area contributed by atoms with E-state index in [1.807, 2.05) is 0 Å². The van der Waals surface area contributed by atoms with E-state index in [9.17, 15) is 14.4 Å². The molecule has 2 aromatic rings. The van der Waals surface area contributed by atoms with Gasteiger partial charge in [-0.25, -0.2) is 4.79 Å². The monoisotopic (exact) mass is 452 g/mol. The van der Waals surface area contributed by atoms with Crippen molar-refractivity contribution in [1.82, 2.24) is 5.32 Å². The van der Waals surface area contributed by atoms with Crippen molar-refractivity contribution >= 4 is 46.7 Å². The molecule has 2 N–H and O–H groups in total. The quantitative estimate of drug-likeness (QED) is 0.591. The van der Waals surface area contributed by atoms with Gasteiger partial charge >= 0.3 is 5.97 Å². The fraction of sp³-hybridized carbons (Fsp3) is 0.286. The van der Waals surface area contributed by atoms with Crippen LogP contribution < -0.4 is 15.4 Å². The Labute approximate surface area is 184 Å². The number of ether oxygens (including phenoxy) is 2. The zero-order valence-corrected chi connectivity index (χ0v) is 18.2. The Morgan fingerprint density at radius 1 is 1.03 bits per heavy atom. The molecule has 2 amide bonds. The number of benzene rings is 2. The molecule has 0 aliphatic rings. The summed E-state index contributed by atoms with van der Waals surface area (Å²) in [7, 11) is 1.48.